The molecular formula is C17H26Cl2N2O4S. The van der Waals surface area contributed by atoms with Crippen LogP contribution in [0.5, 0.6) is 5.75 Å². The number of methoxy groups -OCH3 is 1. The molecule has 0 amide bonds. The molecule has 2 aliphatic heterocycles. The van der Waals surface area contributed by atoms with E-state index < -0.39 is 10.0 Å². The smallest absolute Gasteiger partial charge is 0.246 e. The fourth-order valence-electron chi connectivity index (χ4n) is 3.53. The van der Waals surface area contributed by atoms with Gasteiger partial charge in [0.1, 0.15) is 16.7 Å². The van der Waals surface area contributed by atoms with Crippen LogP contribution in [0.3, 0.4) is 0 Å². The van der Waals surface area contributed by atoms with E-state index in [1.54, 1.807) is 23.5 Å². The Hall–Kier alpha value is -0.570. The molecule has 0 saturated carbocycles. The Bertz CT molecular complexity index is 717. The molecule has 148 valence electrons. The van der Waals surface area contributed by atoms with Crippen molar-refractivity contribution < 1.29 is 17.9 Å². The fraction of sp³-hybridized carbons (Fsp3) is 0.647. The van der Waals surface area contributed by atoms with E-state index in [4.69, 9.17) is 21.1 Å². The molecule has 26 heavy (non-hydrogen) atoms. The summed E-state index contributed by atoms with van der Waals surface area (Å²) in [5.41, 5.74) is 0. The number of hydrogen-bond donors (Lipinski definition) is 1. The molecule has 3 rings (SSSR count). The summed E-state index contributed by atoms with van der Waals surface area (Å²) in [7, 11) is -2.10. The zero-order valence-electron chi connectivity index (χ0n) is 15.0. The molecule has 6 nitrogen and oxygen atoms in total. The molecule has 2 fully saturated rings. The summed E-state index contributed by atoms with van der Waals surface area (Å²) in [5, 5.41) is 3.88. The second-order valence-electron chi connectivity index (χ2n) is 6.76. The molecule has 2 heterocycles. The van der Waals surface area contributed by atoms with E-state index in [1.807, 2.05) is 6.92 Å². The number of nitrogens with one attached hydrogen (secondary N) is 1. The van der Waals surface area contributed by atoms with Crippen molar-refractivity contribution in [2.75, 3.05) is 26.8 Å². The van der Waals surface area contributed by atoms with Gasteiger partial charge in [0.2, 0.25) is 10.0 Å². The Morgan fingerprint density at radius 3 is 2.77 bits per heavy atom. The Kier molecular flexibility index (Phi) is 7.59. The predicted octanol–water partition coefficient (Wildman–Crippen LogP) is 2.69. The van der Waals surface area contributed by atoms with Gasteiger partial charge in [-0.05, 0) is 44.4 Å². The van der Waals surface area contributed by atoms with Crippen LogP contribution in [0.2, 0.25) is 5.02 Å². The topological polar surface area (TPSA) is 67.9 Å². The quantitative estimate of drug-likeness (QED) is 0.759. The molecule has 3 unspecified atom stereocenters. The van der Waals surface area contributed by atoms with Crippen molar-refractivity contribution in [1.29, 1.82) is 0 Å². The molecule has 2 bridgehead atoms. The van der Waals surface area contributed by atoms with Gasteiger partial charge in [-0.1, -0.05) is 11.6 Å². The highest BCUT2D eigenvalue weighted by Gasteiger charge is 2.36. The molecule has 0 radical (unpaired) electrons. The first-order chi connectivity index (χ1) is 11.9. The van der Waals surface area contributed by atoms with E-state index in [0.717, 1.165) is 19.3 Å². The number of halogens is 2. The molecule has 1 aromatic rings. The van der Waals surface area contributed by atoms with Gasteiger partial charge in [-0.2, -0.15) is 4.31 Å². The summed E-state index contributed by atoms with van der Waals surface area (Å²) in [6.45, 7) is 3.21. The van der Waals surface area contributed by atoms with Crippen molar-refractivity contribution in [3.63, 3.8) is 0 Å². The molecule has 3 atom stereocenters. The van der Waals surface area contributed by atoms with Crippen molar-refractivity contribution in [3.8, 4) is 5.75 Å². The first-order valence-electron chi connectivity index (χ1n) is 8.61. The highest BCUT2D eigenvalue weighted by atomic mass is 35.5. The minimum atomic E-state index is -3.68. The minimum absolute atomic E-state index is 0. The van der Waals surface area contributed by atoms with Gasteiger partial charge in [0, 0.05) is 37.3 Å². The third-order valence-corrected chi connectivity index (χ3v) is 6.86. The lowest BCUT2D eigenvalue weighted by atomic mass is 10.1. The van der Waals surface area contributed by atoms with Crippen LogP contribution in [-0.2, 0) is 14.8 Å². The largest absolute Gasteiger partial charge is 0.487 e. The normalized spacial score (nSPS) is 24.6. The third-order valence-electron chi connectivity index (χ3n) is 4.74. The minimum Gasteiger partial charge on any atom is -0.487 e. The van der Waals surface area contributed by atoms with Crippen LogP contribution in [-0.4, -0.2) is 57.7 Å². The molecule has 0 aliphatic carbocycles. The molecule has 0 aromatic heterocycles. The number of benzene rings is 1. The number of hydrogen-bond acceptors (Lipinski definition) is 5. The van der Waals surface area contributed by atoms with Crippen LogP contribution in [0.1, 0.15) is 26.2 Å². The molecule has 1 aromatic carbocycles. The van der Waals surface area contributed by atoms with E-state index in [2.05, 4.69) is 5.32 Å². The molecule has 2 saturated heterocycles. The van der Waals surface area contributed by atoms with Gasteiger partial charge in [0.25, 0.3) is 0 Å². The first kappa shape index (κ1) is 21.7. The summed E-state index contributed by atoms with van der Waals surface area (Å²) < 4.78 is 39.0. The van der Waals surface area contributed by atoms with Gasteiger partial charge in [-0.3, -0.25) is 0 Å². The summed E-state index contributed by atoms with van der Waals surface area (Å²) in [5.74, 6) is 0.316. The zero-order valence-corrected chi connectivity index (χ0v) is 17.4. The maximum absolute atomic E-state index is 13.3. The molecule has 2 aliphatic rings. The second kappa shape index (κ2) is 9.08. The lowest BCUT2D eigenvalue weighted by Crippen LogP contribution is -2.39. The van der Waals surface area contributed by atoms with E-state index in [-0.39, 0.29) is 29.4 Å². The lowest BCUT2D eigenvalue weighted by Gasteiger charge is -2.25. The highest BCUT2D eigenvalue weighted by molar-refractivity contribution is 7.89. The average Bonchev–Trinajstić information content (AvgIpc) is 2.87. The van der Waals surface area contributed by atoms with E-state index in [0.29, 0.717) is 36.5 Å². The van der Waals surface area contributed by atoms with Gasteiger partial charge in [0.15, 0.2) is 0 Å². The van der Waals surface area contributed by atoms with Crippen LogP contribution in [0.15, 0.2) is 23.1 Å². The average molecular weight is 425 g/mol. The van der Waals surface area contributed by atoms with E-state index >= 15 is 0 Å². The van der Waals surface area contributed by atoms with Gasteiger partial charge in [-0.15, -0.1) is 12.4 Å². The van der Waals surface area contributed by atoms with Gasteiger partial charge >= 0.3 is 0 Å². The summed E-state index contributed by atoms with van der Waals surface area (Å²) >= 11 is 6.08. The van der Waals surface area contributed by atoms with Crippen molar-refractivity contribution in [2.24, 2.45) is 0 Å². The lowest BCUT2D eigenvalue weighted by molar-refractivity contribution is 0.0900. The monoisotopic (exact) mass is 424 g/mol. The Balaban J connectivity index is 0.00000243. The predicted molar refractivity (Wildman–Crippen MR) is 104 cm³/mol. The van der Waals surface area contributed by atoms with Crippen LogP contribution in [0.25, 0.3) is 0 Å². The summed E-state index contributed by atoms with van der Waals surface area (Å²) in [6, 6.07) is 5.37. The van der Waals surface area contributed by atoms with Crippen molar-refractivity contribution in [3.05, 3.63) is 23.2 Å². The second-order valence-corrected chi connectivity index (χ2v) is 9.11. The molecule has 0 spiro atoms. The van der Waals surface area contributed by atoms with Crippen molar-refractivity contribution in [2.45, 2.75) is 49.3 Å². The highest BCUT2D eigenvalue weighted by Crippen LogP contribution is 2.32. The molecule has 9 heteroatoms. The van der Waals surface area contributed by atoms with Crippen molar-refractivity contribution >= 4 is 34.0 Å². The van der Waals surface area contributed by atoms with Gasteiger partial charge in [0.05, 0.1) is 6.61 Å². The van der Waals surface area contributed by atoms with Crippen LogP contribution in [0, 0.1) is 0 Å². The standard InChI is InChI=1S/C17H25ClN2O4S.ClH/c1-12(11-23-2)24-16-6-3-13(18)9-17(16)25(21,22)20-8-7-14-4-5-15(10-20)19-14;/h3,6,9,12,14-15,19H,4-5,7-8,10-11H2,1-2H3;1H. The van der Waals surface area contributed by atoms with E-state index in [9.17, 15) is 8.42 Å². The van der Waals surface area contributed by atoms with Crippen LogP contribution in [0.4, 0.5) is 0 Å². The SMILES string of the molecule is COCC(C)Oc1ccc(Cl)cc1S(=O)(=O)N1CCC2CCC(C1)N2.Cl. The summed E-state index contributed by atoms with van der Waals surface area (Å²) in [4.78, 5) is 0.126. The number of fused-ring (bicyclic) bond motifs is 2. The maximum Gasteiger partial charge on any atom is 0.246 e. The number of ether oxygens (including phenoxy) is 2. The van der Waals surface area contributed by atoms with Crippen LogP contribution >= 0.6 is 24.0 Å². The molecular weight excluding hydrogens is 399 g/mol. The Labute approximate surface area is 166 Å². The fourth-order valence-corrected chi connectivity index (χ4v) is 5.42. The zero-order chi connectivity index (χ0) is 18.0. The van der Waals surface area contributed by atoms with Gasteiger partial charge in [-0.25, -0.2) is 8.42 Å². The summed E-state index contributed by atoms with van der Waals surface area (Å²) in [6.07, 6.45) is 2.70. The van der Waals surface area contributed by atoms with Crippen LogP contribution < -0.4 is 10.1 Å². The third kappa shape index (κ3) is 4.82. The number of rotatable bonds is 6. The van der Waals surface area contributed by atoms with Gasteiger partial charge < -0.3 is 14.8 Å². The molecule has 1 N–H and O–H groups in total. The number of nitrogens with zero attached hydrogens (tertiary/aromatic N) is 1. The van der Waals surface area contributed by atoms with E-state index in [1.165, 1.54) is 6.07 Å². The Morgan fingerprint density at radius 2 is 2.04 bits per heavy atom. The Morgan fingerprint density at radius 1 is 1.31 bits per heavy atom. The number of sulfonamides is 1. The van der Waals surface area contributed by atoms with Crippen molar-refractivity contribution in [1.82, 2.24) is 9.62 Å². The maximum atomic E-state index is 13.3. The first-order valence-corrected chi connectivity index (χ1v) is 10.4.